The lowest BCUT2D eigenvalue weighted by Crippen LogP contribution is -2.42. The number of amides is 2. The molecule has 1 aromatic carbocycles. The van der Waals surface area contributed by atoms with Crippen LogP contribution in [-0.2, 0) is 13.0 Å². The van der Waals surface area contributed by atoms with E-state index in [1.807, 2.05) is 47.4 Å². The Morgan fingerprint density at radius 3 is 2.93 bits per heavy atom. The van der Waals surface area contributed by atoms with E-state index in [0.29, 0.717) is 24.7 Å². The molecule has 3 aromatic rings. The molecule has 2 aromatic heterocycles. The van der Waals surface area contributed by atoms with Gasteiger partial charge in [-0.1, -0.05) is 35.5 Å². The summed E-state index contributed by atoms with van der Waals surface area (Å²) in [6.07, 6.45) is 6.94. The number of aryl methyl sites for hydroxylation is 1. The number of nitrogens with one attached hydrogen (secondary N) is 1. The number of rotatable bonds is 6. The molecule has 2 amide bonds. The van der Waals surface area contributed by atoms with Gasteiger partial charge in [0.15, 0.2) is 5.82 Å². The zero-order valence-electron chi connectivity index (χ0n) is 15.6. The normalized spacial score (nSPS) is 16.3. The van der Waals surface area contributed by atoms with Crippen LogP contribution in [0.25, 0.3) is 11.5 Å². The largest absolute Gasteiger partial charge is 0.334 e. The smallest absolute Gasteiger partial charge is 0.317 e. The molecule has 0 radical (unpaired) electrons. The van der Waals surface area contributed by atoms with Crippen molar-refractivity contribution in [3.63, 3.8) is 0 Å². The molecule has 1 saturated heterocycles. The third-order valence-corrected chi connectivity index (χ3v) is 5.00. The number of carbonyl (C=O) groups excluding carboxylic acids is 1. The first kappa shape index (κ1) is 18.2. The van der Waals surface area contributed by atoms with Crippen molar-refractivity contribution in [3.8, 4) is 11.5 Å². The summed E-state index contributed by atoms with van der Waals surface area (Å²) in [5.74, 6) is 1.14. The fraction of sp³-hybridized carbons (Fsp3) is 0.333. The molecule has 1 fully saturated rings. The van der Waals surface area contributed by atoms with Crippen molar-refractivity contribution in [1.29, 1.82) is 0 Å². The van der Waals surface area contributed by atoms with Crippen LogP contribution in [0.15, 0.2) is 59.4 Å². The molecule has 1 aliphatic rings. The Morgan fingerprint density at radius 2 is 2.11 bits per heavy atom. The van der Waals surface area contributed by atoms with E-state index in [2.05, 4.69) is 20.4 Å². The van der Waals surface area contributed by atoms with Gasteiger partial charge in [-0.15, -0.1) is 0 Å². The van der Waals surface area contributed by atoms with E-state index in [9.17, 15) is 4.79 Å². The highest BCUT2D eigenvalue weighted by atomic mass is 16.5. The minimum Gasteiger partial charge on any atom is -0.334 e. The molecule has 1 unspecified atom stereocenters. The Balaban J connectivity index is 1.30. The fourth-order valence-electron chi connectivity index (χ4n) is 3.54. The van der Waals surface area contributed by atoms with Crippen LogP contribution < -0.4 is 5.32 Å². The molecule has 28 heavy (non-hydrogen) atoms. The lowest BCUT2D eigenvalue weighted by Gasteiger charge is -2.24. The van der Waals surface area contributed by atoms with E-state index >= 15 is 0 Å². The Kier molecular flexibility index (Phi) is 5.61. The number of aromatic nitrogens is 3. The van der Waals surface area contributed by atoms with Crippen molar-refractivity contribution >= 4 is 6.03 Å². The summed E-state index contributed by atoms with van der Waals surface area (Å²) in [5.41, 5.74) is 1.91. The standard InChI is InChI=1S/C21H23N5O2/c27-21(23-14-16-6-2-1-3-7-16)26-13-5-9-18(26)10-11-19-24-20(28-25-19)17-8-4-12-22-15-17/h1-4,6-8,12,15,18H,5,9-11,13-14H2,(H,23,27). The minimum absolute atomic E-state index is 0.00415. The van der Waals surface area contributed by atoms with Gasteiger partial charge in [-0.3, -0.25) is 4.98 Å². The Hall–Kier alpha value is -3.22. The van der Waals surface area contributed by atoms with Crippen LogP contribution in [0.1, 0.15) is 30.7 Å². The fourth-order valence-corrected chi connectivity index (χ4v) is 3.54. The van der Waals surface area contributed by atoms with Gasteiger partial charge in [0.25, 0.3) is 5.89 Å². The highest BCUT2D eigenvalue weighted by Gasteiger charge is 2.28. The molecule has 0 saturated carbocycles. The van der Waals surface area contributed by atoms with Gasteiger partial charge in [0.1, 0.15) is 0 Å². The van der Waals surface area contributed by atoms with Gasteiger partial charge in [0, 0.05) is 37.9 Å². The second-order valence-electron chi connectivity index (χ2n) is 6.93. The molecule has 0 spiro atoms. The number of nitrogens with zero attached hydrogens (tertiary/aromatic N) is 4. The predicted octanol–water partition coefficient (Wildman–Crippen LogP) is 3.44. The van der Waals surface area contributed by atoms with E-state index < -0.39 is 0 Å². The van der Waals surface area contributed by atoms with Crippen molar-refractivity contribution < 1.29 is 9.32 Å². The maximum absolute atomic E-state index is 12.6. The summed E-state index contributed by atoms with van der Waals surface area (Å²) in [4.78, 5) is 23.0. The third-order valence-electron chi connectivity index (χ3n) is 5.00. The molecular formula is C21H23N5O2. The second kappa shape index (κ2) is 8.65. The zero-order chi connectivity index (χ0) is 19.2. The highest BCUT2D eigenvalue weighted by molar-refractivity contribution is 5.74. The summed E-state index contributed by atoms with van der Waals surface area (Å²) in [6.45, 7) is 1.33. The minimum atomic E-state index is -0.00415. The predicted molar refractivity (Wildman–Crippen MR) is 104 cm³/mol. The maximum Gasteiger partial charge on any atom is 0.317 e. The molecule has 144 valence electrons. The zero-order valence-corrected chi connectivity index (χ0v) is 15.6. The van der Waals surface area contributed by atoms with Crippen molar-refractivity contribution in [2.75, 3.05) is 6.54 Å². The van der Waals surface area contributed by atoms with Gasteiger partial charge >= 0.3 is 6.03 Å². The number of urea groups is 1. The summed E-state index contributed by atoms with van der Waals surface area (Å²) < 4.78 is 5.33. The number of benzene rings is 1. The first-order valence-electron chi connectivity index (χ1n) is 9.61. The van der Waals surface area contributed by atoms with Crippen LogP contribution in [0.2, 0.25) is 0 Å². The third kappa shape index (κ3) is 4.36. The average Bonchev–Trinajstić information content (AvgIpc) is 3.41. The highest BCUT2D eigenvalue weighted by Crippen LogP contribution is 2.22. The van der Waals surface area contributed by atoms with Crippen LogP contribution in [0.3, 0.4) is 0 Å². The van der Waals surface area contributed by atoms with Gasteiger partial charge in [-0.2, -0.15) is 4.98 Å². The van der Waals surface area contributed by atoms with Crippen LogP contribution in [0.5, 0.6) is 0 Å². The van der Waals surface area contributed by atoms with Crippen molar-refractivity contribution in [3.05, 3.63) is 66.2 Å². The molecule has 1 atom stereocenters. The van der Waals surface area contributed by atoms with E-state index in [-0.39, 0.29) is 12.1 Å². The lowest BCUT2D eigenvalue weighted by atomic mass is 10.1. The lowest BCUT2D eigenvalue weighted by molar-refractivity contribution is 0.189. The van der Waals surface area contributed by atoms with Crippen LogP contribution in [0, 0.1) is 0 Å². The molecule has 1 N–H and O–H groups in total. The van der Waals surface area contributed by atoms with Crippen molar-refractivity contribution in [1.82, 2.24) is 25.3 Å². The van der Waals surface area contributed by atoms with E-state index in [4.69, 9.17) is 4.52 Å². The summed E-state index contributed by atoms with van der Waals surface area (Å²) in [6, 6.07) is 13.9. The number of pyridine rings is 1. The molecule has 0 bridgehead atoms. The van der Waals surface area contributed by atoms with Crippen LogP contribution >= 0.6 is 0 Å². The number of carbonyl (C=O) groups is 1. The Labute approximate surface area is 163 Å². The molecule has 7 nitrogen and oxygen atoms in total. The second-order valence-corrected chi connectivity index (χ2v) is 6.93. The molecule has 3 heterocycles. The number of likely N-dealkylation sites (tertiary alicyclic amines) is 1. The van der Waals surface area contributed by atoms with Gasteiger partial charge in [0.05, 0.1) is 5.56 Å². The van der Waals surface area contributed by atoms with Crippen LogP contribution in [-0.4, -0.2) is 38.6 Å². The number of hydrogen-bond acceptors (Lipinski definition) is 5. The van der Waals surface area contributed by atoms with Crippen LogP contribution in [0.4, 0.5) is 4.79 Å². The Bertz CT molecular complexity index is 897. The summed E-state index contributed by atoms with van der Waals surface area (Å²) in [5, 5.41) is 7.09. The quantitative estimate of drug-likeness (QED) is 0.711. The Morgan fingerprint density at radius 1 is 1.21 bits per heavy atom. The molecular weight excluding hydrogens is 354 g/mol. The first-order chi connectivity index (χ1) is 13.8. The summed E-state index contributed by atoms with van der Waals surface area (Å²) in [7, 11) is 0. The number of hydrogen-bond donors (Lipinski definition) is 1. The van der Waals surface area contributed by atoms with Gasteiger partial charge in [-0.05, 0) is 37.0 Å². The average molecular weight is 377 g/mol. The molecule has 7 heteroatoms. The van der Waals surface area contributed by atoms with Gasteiger partial charge in [-0.25, -0.2) is 4.79 Å². The molecule has 0 aliphatic carbocycles. The van der Waals surface area contributed by atoms with Gasteiger partial charge in [0.2, 0.25) is 0 Å². The monoisotopic (exact) mass is 377 g/mol. The summed E-state index contributed by atoms with van der Waals surface area (Å²) >= 11 is 0. The van der Waals surface area contributed by atoms with E-state index in [0.717, 1.165) is 36.9 Å². The van der Waals surface area contributed by atoms with E-state index in [1.165, 1.54) is 0 Å². The van der Waals surface area contributed by atoms with E-state index in [1.54, 1.807) is 12.4 Å². The first-order valence-corrected chi connectivity index (χ1v) is 9.61. The SMILES string of the molecule is O=C(NCc1ccccc1)N1CCCC1CCc1noc(-c2cccnc2)n1. The molecule has 1 aliphatic heterocycles. The molecule has 4 rings (SSSR count). The van der Waals surface area contributed by atoms with Gasteiger partial charge < -0.3 is 14.7 Å². The maximum atomic E-state index is 12.6. The van der Waals surface area contributed by atoms with Crippen molar-refractivity contribution in [2.24, 2.45) is 0 Å². The topological polar surface area (TPSA) is 84.2 Å². The van der Waals surface area contributed by atoms with Crippen molar-refractivity contribution in [2.45, 2.75) is 38.3 Å².